The van der Waals surface area contributed by atoms with Gasteiger partial charge < -0.3 is 14.4 Å². The Balaban J connectivity index is 1.43. The number of morpholine rings is 2. The van der Waals surface area contributed by atoms with E-state index in [0.29, 0.717) is 0 Å². The van der Waals surface area contributed by atoms with Gasteiger partial charge in [0.15, 0.2) is 0 Å². The number of aromatic nitrogens is 4. The van der Waals surface area contributed by atoms with Crippen molar-refractivity contribution in [3.63, 3.8) is 0 Å². The van der Waals surface area contributed by atoms with Gasteiger partial charge in [-0.1, -0.05) is 0 Å². The normalized spacial score (nSPS) is 22.7. The number of anilines is 1. The highest BCUT2D eigenvalue weighted by Crippen LogP contribution is 2.18. The molecule has 1 unspecified atom stereocenters. The van der Waals surface area contributed by atoms with Gasteiger partial charge in [0.1, 0.15) is 24.3 Å². The van der Waals surface area contributed by atoms with Gasteiger partial charge in [-0.3, -0.25) is 9.47 Å². The Kier molecular flexibility index (Phi) is 4.68. The molecule has 0 bridgehead atoms. The molecule has 2 aliphatic heterocycles. The van der Waals surface area contributed by atoms with E-state index in [9.17, 15) is 0 Å². The molecule has 0 N–H and O–H groups in total. The summed E-state index contributed by atoms with van der Waals surface area (Å²) in [5.74, 6) is 1.76. The quantitative estimate of drug-likeness (QED) is 0.793. The number of ether oxygens (including phenoxy) is 2. The molecule has 0 radical (unpaired) electrons. The minimum Gasteiger partial charge on any atom is -0.379 e. The topological polar surface area (TPSA) is 68.5 Å². The van der Waals surface area contributed by atoms with Gasteiger partial charge in [0.25, 0.3) is 0 Å². The fourth-order valence-corrected chi connectivity index (χ4v) is 3.16. The van der Waals surface area contributed by atoms with Gasteiger partial charge in [-0.15, -0.1) is 0 Å². The molecule has 4 rings (SSSR count). The van der Waals surface area contributed by atoms with E-state index < -0.39 is 0 Å². The van der Waals surface area contributed by atoms with Gasteiger partial charge >= 0.3 is 0 Å². The van der Waals surface area contributed by atoms with Crippen molar-refractivity contribution in [2.45, 2.75) is 6.10 Å². The maximum absolute atomic E-state index is 5.95. The molecule has 0 saturated carbocycles. The van der Waals surface area contributed by atoms with Crippen molar-refractivity contribution < 1.29 is 9.47 Å². The van der Waals surface area contributed by atoms with E-state index in [0.717, 1.165) is 64.2 Å². The minimum atomic E-state index is 0.198. The molecule has 2 aliphatic rings. The molecule has 1 atom stereocenters. The molecule has 0 amide bonds. The van der Waals surface area contributed by atoms with Crippen LogP contribution >= 0.6 is 0 Å². The largest absolute Gasteiger partial charge is 0.379 e. The summed E-state index contributed by atoms with van der Waals surface area (Å²) < 4.78 is 13.2. The van der Waals surface area contributed by atoms with Crippen LogP contribution in [0.4, 0.5) is 5.82 Å². The van der Waals surface area contributed by atoms with Crippen LogP contribution in [0.1, 0.15) is 0 Å². The monoisotopic (exact) mass is 330 g/mol. The molecule has 2 aromatic rings. The first-order valence-electron chi connectivity index (χ1n) is 8.35. The van der Waals surface area contributed by atoms with E-state index in [1.54, 1.807) is 18.9 Å². The maximum Gasteiger partial charge on any atom is 0.143 e. The van der Waals surface area contributed by atoms with Gasteiger partial charge in [-0.2, -0.15) is 0 Å². The molecule has 2 saturated heterocycles. The van der Waals surface area contributed by atoms with E-state index in [4.69, 9.17) is 9.47 Å². The molecule has 8 nitrogen and oxygen atoms in total. The van der Waals surface area contributed by atoms with E-state index in [2.05, 4.69) is 24.8 Å². The lowest BCUT2D eigenvalue weighted by atomic mass is 10.2. The average molecular weight is 330 g/mol. The summed E-state index contributed by atoms with van der Waals surface area (Å²) in [7, 11) is 0. The Morgan fingerprint density at radius 2 is 1.96 bits per heavy atom. The van der Waals surface area contributed by atoms with E-state index in [1.807, 2.05) is 16.8 Å². The Hall–Kier alpha value is -2.03. The summed E-state index contributed by atoms with van der Waals surface area (Å²) in [4.78, 5) is 17.5. The number of hydrogen-bond donors (Lipinski definition) is 0. The van der Waals surface area contributed by atoms with Crippen LogP contribution in [0.3, 0.4) is 0 Å². The summed E-state index contributed by atoms with van der Waals surface area (Å²) in [5.41, 5.74) is 0. The number of rotatable bonds is 4. The van der Waals surface area contributed by atoms with E-state index in [-0.39, 0.29) is 6.10 Å². The van der Waals surface area contributed by atoms with Crippen LogP contribution in [0.2, 0.25) is 0 Å². The van der Waals surface area contributed by atoms with Crippen LogP contribution in [-0.2, 0) is 9.47 Å². The summed E-state index contributed by atoms with van der Waals surface area (Å²) in [6.45, 7) is 6.96. The Labute approximate surface area is 141 Å². The summed E-state index contributed by atoms with van der Waals surface area (Å²) in [6, 6.07) is 2.00. The second-order valence-corrected chi connectivity index (χ2v) is 6.06. The van der Waals surface area contributed by atoms with Gasteiger partial charge in [0, 0.05) is 51.2 Å². The molecule has 0 aliphatic carbocycles. The number of hydrogen-bond acceptors (Lipinski definition) is 7. The fraction of sp³-hybridized carbons (Fsp3) is 0.562. The second-order valence-electron chi connectivity index (χ2n) is 6.06. The molecule has 24 heavy (non-hydrogen) atoms. The zero-order chi connectivity index (χ0) is 16.2. The standard InChI is InChI=1S/C16H22N6O2/c1-2-22(13-17-1)16-9-15(18-12-19-16)21-5-8-24-14(11-21)10-20-3-6-23-7-4-20/h1-2,9,12-14H,3-8,10-11H2. The minimum absolute atomic E-state index is 0.198. The third kappa shape index (κ3) is 3.55. The Morgan fingerprint density at radius 1 is 1.08 bits per heavy atom. The molecular formula is C16H22N6O2. The molecular weight excluding hydrogens is 308 g/mol. The van der Waals surface area contributed by atoms with Crippen molar-refractivity contribution in [1.29, 1.82) is 0 Å². The maximum atomic E-state index is 5.95. The fourth-order valence-electron chi connectivity index (χ4n) is 3.16. The van der Waals surface area contributed by atoms with Crippen molar-refractivity contribution in [2.75, 3.05) is 57.4 Å². The third-order valence-corrected chi connectivity index (χ3v) is 4.44. The predicted molar refractivity (Wildman–Crippen MR) is 88.4 cm³/mol. The summed E-state index contributed by atoms with van der Waals surface area (Å²) in [5, 5.41) is 0. The zero-order valence-electron chi connectivity index (χ0n) is 13.6. The lowest BCUT2D eigenvalue weighted by Gasteiger charge is -2.37. The lowest BCUT2D eigenvalue weighted by molar-refractivity contribution is -0.0172. The highest BCUT2D eigenvalue weighted by molar-refractivity contribution is 5.43. The first-order chi connectivity index (χ1) is 11.9. The first kappa shape index (κ1) is 15.5. The van der Waals surface area contributed by atoms with Crippen LogP contribution in [-0.4, -0.2) is 83.1 Å². The molecule has 2 aromatic heterocycles. The van der Waals surface area contributed by atoms with Crippen LogP contribution in [0.25, 0.3) is 5.82 Å². The summed E-state index contributed by atoms with van der Waals surface area (Å²) >= 11 is 0. The molecule has 128 valence electrons. The van der Waals surface area contributed by atoms with Crippen LogP contribution in [0, 0.1) is 0 Å². The zero-order valence-corrected chi connectivity index (χ0v) is 13.6. The van der Waals surface area contributed by atoms with Crippen molar-refractivity contribution in [3.05, 3.63) is 31.1 Å². The second kappa shape index (κ2) is 7.25. The SMILES string of the molecule is c1cn(-c2cc(N3CCOC(CN4CCOCC4)C3)ncn2)cn1. The van der Waals surface area contributed by atoms with Crippen molar-refractivity contribution in [1.82, 2.24) is 24.4 Å². The highest BCUT2D eigenvalue weighted by atomic mass is 16.5. The Morgan fingerprint density at radius 3 is 2.79 bits per heavy atom. The van der Waals surface area contributed by atoms with Crippen molar-refractivity contribution in [2.24, 2.45) is 0 Å². The highest BCUT2D eigenvalue weighted by Gasteiger charge is 2.24. The number of imidazole rings is 1. The van der Waals surface area contributed by atoms with Crippen LogP contribution in [0.15, 0.2) is 31.1 Å². The van der Waals surface area contributed by atoms with Crippen molar-refractivity contribution in [3.8, 4) is 5.82 Å². The third-order valence-electron chi connectivity index (χ3n) is 4.44. The predicted octanol–water partition coefficient (Wildman–Crippen LogP) is 0.200. The smallest absolute Gasteiger partial charge is 0.143 e. The van der Waals surface area contributed by atoms with Crippen molar-refractivity contribution >= 4 is 5.82 Å². The Bertz CT molecular complexity index is 644. The van der Waals surface area contributed by atoms with E-state index >= 15 is 0 Å². The van der Waals surface area contributed by atoms with Crippen LogP contribution < -0.4 is 4.90 Å². The average Bonchev–Trinajstić information content (AvgIpc) is 3.18. The first-order valence-corrected chi connectivity index (χ1v) is 8.35. The molecule has 2 fully saturated rings. The van der Waals surface area contributed by atoms with Crippen LogP contribution in [0.5, 0.6) is 0 Å². The number of nitrogens with zero attached hydrogens (tertiary/aromatic N) is 6. The van der Waals surface area contributed by atoms with Gasteiger partial charge in [0.05, 0.1) is 25.9 Å². The van der Waals surface area contributed by atoms with Gasteiger partial charge in [-0.05, 0) is 0 Å². The molecule has 0 spiro atoms. The lowest BCUT2D eigenvalue weighted by Crippen LogP contribution is -2.50. The van der Waals surface area contributed by atoms with Gasteiger partial charge in [0.2, 0.25) is 0 Å². The van der Waals surface area contributed by atoms with E-state index in [1.165, 1.54) is 0 Å². The molecule has 4 heterocycles. The molecule has 0 aromatic carbocycles. The van der Waals surface area contributed by atoms with Gasteiger partial charge in [-0.25, -0.2) is 15.0 Å². The summed E-state index contributed by atoms with van der Waals surface area (Å²) in [6.07, 6.45) is 7.18. The molecule has 8 heteroatoms.